The van der Waals surface area contributed by atoms with Gasteiger partial charge >= 0.3 is 0 Å². The number of carbonyl (C=O) groups excluding carboxylic acids is 1. The van der Waals surface area contributed by atoms with Crippen molar-refractivity contribution in [3.8, 4) is 5.75 Å². The van der Waals surface area contributed by atoms with Crippen LogP contribution in [0.5, 0.6) is 5.75 Å². The zero-order chi connectivity index (χ0) is 21.0. The van der Waals surface area contributed by atoms with E-state index in [4.69, 9.17) is 16.3 Å². The van der Waals surface area contributed by atoms with Crippen molar-refractivity contribution < 1.29 is 22.3 Å². The predicted octanol–water partition coefficient (Wildman–Crippen LogP) is 3.20. The summed E-state index contributed by atoms with van der Waals surface area (Å²) in [5.74, 6) is -0.993. The molecule has 1 fully saturated rings. The van der Waals surface area contributed by atoms with Gasteiger partial charge < -0.3 is 10.1 Å². The van der Waals surface area contributed by atoms with Gasteiger partial charge in [0.15, 0.2) is 0 Å². The van der Waals surface area contributed by atoms with Gasteiger partial charge in [-0.15, -0.1) is 0 Å². The van der Waals surface area contributed by atoms with E-state index < -0.39 is 15.8 Å². The van der Waals surface area contributed by atoms with Crippen LogP contribution in [-0.4, -0.2) is 38.8 Å². The second kappa shape index (κ2) is 9.11. The molecule has 156 valence electrons. The molecule has 1 saturated heterocycles. The second-order valence-corrected chi connectivity index (χ2v) is 9.10. The number of halogens is 2. The molecule has 9 heteroatoms. The van der Waals surface area contributed by atoms with Gasteiger partial charge in [0.05, 0.1) is 7.11 Å². The van der Waals surface area contributed by atoms with Crippen molar-refractivity contribution in [3.05, 3.63) is 58.9 Å². The van der Waals surface area contributed by atoms with Crippen LogP contribution in [0.4, 0.5) is 4.39 Å². The zero-order valence-corrected chi connectivity index (χ0v) is 17.5. The second-order valence-electron chi connectivity index (χ2n) is 6.78. The van der Waals surface area contributed by atoms with Gasteiger partial charge in [0.2, 0.25) is 15.9 Å². The van der Waals surface area contributed by atoms with Crippen LogP contribution in [0.15, 0.2) is 47.4 Å². The summed E-state index contributed by atoms with van der Waals surface area (Å²) in [7, 11) is -2.58. The van der Waals surface area contributed by atoms with E-state index in [0.29, 0.717) is 24.4 Å². The Morgan fingerprint density at radius 2 is 1.93 bits per heavy atom. The maximum Gasteiger partial charge on any atom is 0.246 e. The number of benzene rings is 2. The molecular weight excluding hydrogens is 419 g/mol. The number of ether oxygens (including phenoxy) is 1. The lowest BCUT2D eigenvalue weighted by molar-refractivity contribution is -0.126. The van der Waals surface area contributed by atoms with Crippen molar-refractivity contribution in [1.82, 2.24) is 9.62 Å². The van der Waals surface area contributed by atoms with Crippen LogP contribution in [0.25, 0.3) is 0 Å². The number of rotatable bonds is 6. The van der Waals surface area contributed by atoms with Gasteiger partial charge in [-0.1, -0.05) is 29.8 Å². The number of nitrogens with one attached hydrogen (secondary N) is 1. The molecule has 1 aliphatic rings. The number of amides is 1. The lowest BCUT2D eigenvalue weighted by Crippen LogP contribution is -2.43. The molecule has 3 rings (SSSR count). The highest BCUT2D eigenvalue weighted by Gasteiger charge is 2.33. The normalized spacial score (nSPS) is 15.8. The van der Waals surface area contributed by atoms with Gasteiger partial charge in [0.1, 0.15) is 16.5 Å². The fourth-order valence-electron chi connectivity index (χ4n) is 3.32. The number of sulfonamides is 1. The summed E-state index contributed by atoms with van der Waals surface area (Å²) in [6.45, 7) is 0.663. The Bertz CT molecular complexity index is 992. The minimum atomic E-state index is -3.92. The van der Waals surface area contributed by atoms with Crippen molar-refractivity contribution in [2.75, 3.05) is 20.2 Å². The molecule has 0 atom stereocenters. The Hall–Kier alpha value is -2.16. The standard InChI is InChI=1S/C20H22ClFN2O4S/c1-28-18-7-6-16(22)12-19(18)29(26,27)24-10-8-14(9-11-24)20(25)23-13-15-4-2-3-5-17(15)21/h2-7,12,14H,8-11,13H2,1H3,(H,23,25). The summed E-state index contributed by atoms with van der Waals surface area (Å²) in [6, 6.07) is 10.6. The average Bonchev–Trinajstić information content (AvgIpc) is 2.73. The van der Waals surface area contributed by atoms with Crippen molar-refractivity contribution in [2.45, 2.75) is 24.3 Å². The molecule has 2 aromatic carbocycles. The average molecular weight is 441 g/mol. The highest BCUT2D eigenvalue weighted by Crippen LogP contribution is 2.30. The largest absolute Gasteiger partial charge is 0.495 e. The minimum Gasteiger partial charge on any atom is -0.495 e. The third-order valence-corrected chi connectivity index (χ3v) is 7.27. The first-order chi connectivity index (χ1) is 13.8. The fraction of sp³-hybridized carbons (Fsp3) is 0.350. The molecule has 0 bridgehead atoms. The van der Waals surface area contributed by atoms with E-state index in [9.17, 15) is 17.6 Å². The van der Waals surface area contributed by atoms with Crippen molar-refractivity contribution in [1.29, 1.82) is 0 Å². The van der Waals surface area contributed by atoms with Crippen molar-refractivity contribution in [2.24, 2.45) is 5.92 Å². The molecule has 0 spiro atoms. The highest BCUT2D eigenvalue weighted by molar-refractivity contribution is 7.89. The van der Waals surface area contributed by atoms with Crippen LogP contribution >= 0.6 is 11.6 Å². The topological polar surface area (TPSA) is 75.7 Å². The van der Waals surface area contributed by atoms with E-state index in [0.717, 1.165) is 17.7 Å². The molecule has 1 N–H and O–H groups in total. The summed E-state index contributed by atoms with van der Waals surface area (Å²) in [5, 5.41) is 3.44. The van der Waals surface area contributed by atoms with E-state index in [2.05, 4.69) is 5.32 Å². The van der Waals surface area contributed by atoms with Gasteiger partial charge in [0.25, 0.3) is 0 Å². The van der Waals surface area contributed by atoms with Gasteiger partial charge in [-0.2, -0.15) is 4.31 Å². The molecule has 1 heterocycles. The van der Waals surface area contributed by atoms with Gasteiger partial charge in [-0.05, 0) is 42.7 Å². The van der Waals surface area contributed by atoms with E-state index >= 15 is 0 Å². The molecule has 29 heavy (non-hydrogen) atoms. The maximum absolute atomic E-state index is 13.6. The van der Waals surface area contributed by atoms with E-state index in [1.54, 1.807) is 6.07 Å². The number of carbonyl (C=O) groups is 1. The van der Waals surface area contributed by atoms with Crippen LogP contribution in [0.2, 0.25) is 5.02 Å². The van der Waals surface area contributed by atoms with E-state index in [-0.39, 0.29) is 35.6 Å². The third-order valence-electron chi connectivity index (χ3n) is 4.98. The SMILES string of the molecule is COc1ccc(F)cc1S(=O)(=O)N1CCC(C(=O)NCc2ccccc2Cl)CC1. The first-order valence-electron chi connectivity index (χ1n) is 9.17. The third kappa shape index (κ3) is 4.88. The molecule has 2 aromatic rings. The summed E-state index contributed by atoms with van der Waals surface area (Å²) in [4.78, 5) is 12.3. The number of hydrogen-bond acceptors (Lipinski definition) is 4. The van der Waals surface area contributed by atoms with Crippen LogP contribution in [0.3, 0.4) is 0 Å². The number of piperidine rings is 1. The van der Waals surface area contributed by atoms with Crippen LogP contribution in [0.1, 0.15) is 18.4 Å². The highest BCUT2D eigenvalue weighted by atomic mass is 35.5. The molecule has 0 radical (unpaired) electrons. The molecule has 0 saturated carbocycles. The summed E-state index contributed by atoms with van der Waals surface area (Å²) in [5.41, 5.74) is 0.820. The Morgan fingerprint density at radius 3 is 2.59 bits per heavy atom. The first-order valence-corrected chi connectivity index (χ1v) is 11.0. The summed E-state index contributed by atoms with van der Waals surface area (Å²) in [6.07, 6.45) is 0.760. The molecular formula is C20H22ClFN2O4S. The maximum atomic E-state index is 13.6. The molecule has 0 aromatic heterocycles. The Kier molecular flexibility index (Phi) is 6.77. The monoisotopic (exact) mass is 440 g/mol. The Labute approximate surface area is 174 Å². The zero-order valence-electron chi connectivity index (χ0n) is 15.9. The van der Waals surface area contributed by atoms with Crippen LogP contribution < -0.4 is 10.1 Å². The smallest absolute Gasteiger partial charge is 0.246 e. The van der Waals surface area contributed by atoms with Crippen molar-refractivity contribution in [3.63, 3.8) is 0 Å². The van der Waals surface area contributed by atoms with Gasteiger partial charge in [-0.25, -0.2) is 12.8 Å². The van der Waals surface area contributed by atoms with Crippen LogP contribution in [0, 0.1) is 11.7 Å². The summed E-state index contributed by atoms with van der Waals surface area (Å²) >= 11 is 6.10. The molecule has 1 aliphatic heterocycles. The van der Waals surface area contributed by atoms with Crippen molar-refractivity contribution >= 4 is 27.5 Å². The number of hydrogen-bond donors (Lipinski definition) is 1. The lowest BCUT2D eigenvalue weighted by atomic mass is 9.97. The first kappa shape index (κ1) is 21.5. The number of methoxy groups -OCH3 is 1. The molecule has 0 unspecified atom stereocenters. The molecule has 6 nitrogen and oxygen atoms in total. The molecule has 1 amide bonds. The quantitative estimate of drug-likeness (QED) is 0.748. The van der Waals surface area contributed by atoms with E-state index in [1.165, 1.54) is 17.5 Å². The lowest BCUT2D eigenvalue weighted by Gasteiger charge is -2.31. The number of nitrogens with zero attached hydrogens (tertiary/aromatic N) is 1. The summed E-state index contributed by atoms with van der Waals surface area (Å²) < 4.78 is 45.8. The van der Waals surface area contributed by atoms with Gasteiger partial charge in [-0.3, -0.25) is 4.79 Å². The molecule has 0 aliphatic carbocycles. The minimum absolute atomic E-state index is 0.0889. The fourth-order valence-corrected chi connectivity index (χ4v) is 5.16. The van der Waals surface area contributed by atoms with Crippen LogP contribution in [-0.2, 0) is 21.4 Å². The Morgan fingerprint density at radius 1 is 1.24 bits per heavy atom. The Balaban J connectivity index is 1.62. The van der Waals surface area contributed by atoms with E-state index in [1.807, 2.05) is 18.2 Å². The predicted molar refractivity (Wildman–Crippen MR) is 108 cm³/mol. The van der Waals surface area contributed by atoms with Gasteiger partial charge in [0, 0.05) is 30.6 Å².